The van der Waals surface area contributed by atoms with Gasteiger partial charge in [-0.1, -0.05) is 29.8 Å². The zero-order chi connectivity index (χ0) is 20.4. The van der Waals surface area contributed by atoms with Gasteiger partial charge >= 0.3 is 0 Å². The summed E-state index contributed by atoms with van der Waals surface area (Å²) >= 11 is 6.39. The van der Waals surface area contributed by atoms with Crippen molar-refractivity contribution >= 4 is 11.6 Å². The summed E-state index contributed by atoms with van der Waals surface area (Å²) in [5, 5.41) is 0.854. The van der Waals surface area contributed by atoms with Crippen LogP contribution in [0.4, 0.5) is 0 Å². The second-order valence-electron chi connectivity index (χ2n) is 7.33. The molecule has 6 heteroatoms. The zero-order valence-corrected chi connectivity index (χ0v) is 17.7. The molecule has 2 heterocycles. The lowest BCUT2D eigenvalue weighted by Crippen LogP contribution is -2.20. The summed E-state index contributed by atoms with van der Waals surface area (Å²) in [7, 11) is 3.24. The molecule has 0 bridgehead atoms. The first-order chi connectivity index (χ1) is 14.1. The average molecular weight is 413 g/mol. The number of rotatable bonds is 6. The molecule has 1 atom stereocenters. The lowest BCUT2D eigenvalue weighted by molar-refractivity contribution is 0.321. The lowest BCUT2D eigenvalue weighted by Gasteiger charge is -2.15. The molecule has 0 aliphatic carbocycles. The van der Waals surface area contributed by atoms with Gasteiger partial charge in [0.2, 0.25) is 5.89 Å². The summed E-state index contributed by atoms with van der Waals surface area (Å²) in [6, 6.07) is 13.8. The predicted molar refractivity (Wildman–Crippen MR) is 114 cm³/mol. The maximum atomic E-state index is 6.39. The molecule has 1 fully saturated rings. The van der Waals surface area contributed by atoms with E-state index in [1.165, 1.54) is 5.56 Å². The molecule has 0 saturated carbocycles. The minimum atomic E-state index is 0.459. The third-order valence-electron chi connectivity index (χ3n) is 5.51. The molecule has 1 saturated heterocycles. The summed E-state index contributed by atoms with van der Waals surface area (Å²) < 4.78 is 16.7. The van der Waals surface area contributed by atoms with Gasteiger partial charge in [-0.3, -0.25) is 4.90 Å². The number of halogens is 1. The monoisotopic (exact) mass is 412 g/mol. The highest BCUT2D eigenvalue weighted by atomic mass is 35.5. The van der Waals surface area contributed by atoms with Gasteiger partial charge in [0.1, 0.15) is 5.76 Å². The van der Waals surface area contributed by atoms with E-state index in [2.05, 4.69) is 17.0 Å². The molecule has 5 nitrogen and oxygen atoms in total. The van der Waals surface area contributed by atoms with E-state index in [1.54, 1.807) is 14.2 Å². The smallest absolute Gasteiger partial charge is 0.226 e. The van der Waals surface area contributed by atoms with Gasteiger partial charge in [0.25, 0.3) is 0 Å². The highest BCUT2D eigenvalue weighted by Gasteiger charge is 2.26. The standard InChI is InChI=1S/C23H25ClN2O3/c1-15-20(14-26-11-10-17(13-26)18-6-4-5-7-19(18)24)25-23(29-15)16-8-9-21(27-2)22(12-16)28-3/h4-9,12,17H,10-11,13-14H2,1-3H3. The molecular formula is C23H25ClN2O3. The number of nitrogens with zero attached hydrogens (tertiary/aromatic N) is 2. The van der Waals surface area contributed by atoms with E-state index in [4.69, 9.17) is 30.5 Å². The lowest BCUT2D eigenvalue weighted by atomic mass is 9.98. The van der Waals surface area contributed by atoms with Gasteiger partial charge in [-0.05, 0) is 55.6 Å². The van der Waals surface area contributed by atoms with E-state index in [0.29, 0.717) is 23.3 Å². The van der Waals surface area contributed by atoms with Crippen molar-refractivity contribution in [2.24, 2.45) is 0 Å². The molecule has 0 amide bonds. The van der Waals surface area contributed by atoms with Crippen molar-refractivity contribution in [1.82, 2.24) is 9.88 Å². The van der Waals surface area contributed by atoms with Crippen LogP contribution in [0.1, 0.15) is 29.4 Å². The SMILES string of the molecule is COc1ccc(-c2nc(CN3CCC(c4ccccc4Cl)C3)c(C)o2)cc1OC. The van der Waals surface area contributed by atoms with Crippen LogP contribution in [0.2, 0.25) is 5.02 Å². The van der Waals surface area contributed by atoms with E-state index in [0.717, 1.165) is 48.1 Å². The van der Waals surface area contributed by atoms with Crippen molar-refractivity contribution in [1.29, 1.82) is 0 Å². The summed E-state index contributed by atoms with van der Waals surface area (Å²) in [6.45, 7) is 4.73. The number of aromatic nitrogens is 1. The van der Waals surface area contributed by atoms with Crippen LogP contribution in [0.15, 0.2) is 46.9 Å². The number of hydrogen-bond acceptors (Lipinski definition) is 5. The fourth-order valence-electron chi connectivity index (χ4n) is 3.92. The van der Waals surface area contributed by atoms with Crippen LogP contribution in [0.25, 0.3) is 11.5 Å². The predicted octanol–water partition coefficient (Wildman–Crippen LogP) is 5.31. The minimum Gasteiger partial charge on any atom is -0.493 e. The Bertz CT molecular complexity index is 1000. The zero-order valence-electron chi connectivity index (χ0n) is 16.9. The van der Waals surface area contributed by atoms with Crippen molar-refractivity contribution in [3.05, 3.63) is 64.5 Å². The third-order valence-corrected chi connectivity index (χ3v) is 5.86. The van der Waals surface area contributed by atoms with Gasteiger partial charge in [-0.15, -0.1) is 0 Å². The van der Waals surface area contributed by atoms with Crippen LogP contribution in [-0.2, 0) is 6.54 Å². The molecule has 1 aromatic heterocycles. The van der Waals surface area contributed by atoms with E-state index in [9.17, 15) is 0 Å². The van der Waals surface area contributed by atoms with Crippen LogP contribution in [0.3, 0.4) is 0 Å². The summed E-state index contributed by atoms with van der Waals surface area (Å²) in [6.07, 6.45) is 1.10. The van der Waals surface area contributed by atoms with E-state index >= 15 is 0 Å². The van der Waals surface area contributed by atoms with E-state index in [1.807, 2.05) is 37.3 Å². The quantitative estimate of drug-likeness (QED) is 0.549. The molecule has 0 spiro atoms. The summed E-state index contributed by atoms with van der Waals surface area (Å²) in [4.78, 5) is 7.17. The number of ether oxygens (including phenoxy) is 2. The normalized spacial score (nSPS) is 16.9. The Kier molecular flexibility index (Phi) is 5.79. The van der Waals surface area contributed by atoms with Gasteiger partial charge in [-0.25, -0.2) is 4.98 Å². The van der Waals surface area contributed by atoms with Crippen LogP contribution < -0.4 is 9.47 Å². The van der Waals surface area contributed by atoms with Crippen LogP contribution in [0, 0.1) is 6.92 Å². The Morgan fingerprint density at radius 1 is 1.14 bits per heavy atom. The third kappa shape index (κ3) is 4.11. The van der Waals surface area contributed by atoms with Crippen molar-refractivity contribution < 1.29 is 13.9 Å². The maximum Gasteiger partial charge on any atom is 0.226 e. The minimum absolute atomic E-state index is 0.459. The molecule has 0 N–H and O–H groups in total. The van der Waals surface area contributed by atoms with Crippen LogP contribution in [-0.4, -0.2) is 37.2 Å². The van der Waals surface area contributed by atoms with Crippen molar-refractivity contribution in [3.63, 3.8) is 0 Å². The molecule has 0 radical (unpaired) electrons. The Morgan fingerprint density at radius 2 is 1.93 bits per heavy atom. The van der Waals surface area contributed by atoms with Gasteiger partial charge in [0, 0.05) is 23.7 Å². The largest absolute Gasteiger partial charge is 0.493 e. The first-order valence-corrected chi connectivity index (χ1v) is 10.1. The molecule has 152 valence electrons. The Hall–Kier alpha value is -2.50. The van der Waals surface area contributed by atoms with Crippen molar-refractivity contribution in [3.8, 4) is 23.0 Å². The number of benzene rings is 2. The number of likely N-dealkylation sites (tertiary alicyclic amines) is 1. The fourth-order valence-corrected chi connectivity index (χ4v) is 4.21. The van der Waals surface area contributed by atoms with Gasteiger partial charge in [0.15, 0.2) is 11.5 Å². The molecule has 1 unspecified atom stereocenters. The molecule has 29 heavy (non-hydrogen) atoms. The van der Waals surface area contributed by atoms with Gasteiger partial charge < -0.3 is 13.9 Å². The molecule has 2 aromatic carbocycles. The number of methoxy groups -OCH3 is 2. The number of aryl methyl sites for hydroxylation is 1. The van der Waals surface area contributed by atoms with Crippen LogP contribution >= 0.6 is 11.6 Å². The van der Waals surface area contributed by atoms with E-state index < -0.39 is 0 Å². The van der Waals surface area contributed by atoms with Crippen molar-refractivity contribution in [2.45, 2.75) is 25.8 Å². The fraction of sp³-hybridized carbons (Fsp3) is 0.348. The van der Waals surface area contributed by atoms with Gasteiger partial charge in [0.05, 0.1) is 19.9 Å². The summed E-state index contributed by atoms with van der Waals surface area (Å²) in [5.74, 6) is 3.24. The average Bonchev–Trinajstić information content (AvgIpc) is 3.35. The molecule has 4 rings (SSSR count). The number of oxazole rings is 1. The molecule has 1 aliphatic rings. The first kappa shape index (κ1) is 19.8. The summed E-state index contributed by atoms with van der Waals surface area (Å²) in [5.41, 5.74) is 3.07. The van der Waals surface area contributed by atoms with E-state index in [-0.39, 0.29) is 0 Å². The highest BCUT2D eigenvalue weighted by molar-refractivity contribution is 6.31. The second kappa shape index (κ2) is 8.47. The Labute approximate surface area is 176 Å². The highest BCUT2D eigenvalue weighted by Crippen LogP contribution is 2.35. The Morgan fingerprint density at radius 3 is 2.69 bits per heavy atom. The molecule has 1 aliphatic heterocycles. The Balaban J connectivity index is 1.49. The van der Waals surface area contributed by atoms with Crippen LogP contribution in [0.5, 0.6) is 11.5 Å². The first-order valence-electron chi connectivity index (χ1n) is 9.74. The number of hydrogen-bond donors (Lipinski definition) is 0. The second-order valence-corrected chi connectivity index (χ2v) is 7.74. The molecule has 3 aromatic rings. The topological polar surface area (TPSA) is 47.7 Å². The molecular weight excluding hydrogens is 388 g/mol. The van der Waals surface area contributed by atoms with Crippen molar-refractivity contribution in [2.75, 3.05) is 27.3 Å². The van der Waals surface area contributed by atoms with Gasteiger partial charge in [-0.2, -0.15) is 0 Å². The maximum absolute atomic E-state index is 6.39.